The van der Waals surface area contributed by atoms with Crippen molar-refractivity contribution in [1.82, 2.24) is 0 Å². The molecule has 1 N–H and O–H groups in total. The van der Waals surface area contributed by atoms with E-state index in [1.54, 1.807) is 0 Å². The summed E-state index contributed by atoms with van der Waals surface area (Å²) in [6, 6.07) is 6.33. The van der Waals surface area contributed by atoms with Crippen LogP contribution in [0.3, 0.4) is 0 Å². The first-order chi connectivity index (χ1) is 7.01. The molecule has 0 radical (unpaired) electrons. The molecule has 2 rings (SSSR count). The zero-order chi connectivity index (χ0) is 11.1. The summed E-state index contributed by atoms with van der Waals surface area (Å²) < 4.78 is 1.07. The summed E-state index contributed by atoms with van der Waals surface area (Å²) in [5.74, 6) is 0. The average Bonchev–Trinajstić information content (AvgIpc) is 2.91. The van der Waals surface area contributed by atoms with E-state index in [4.69, 9.17) is 11.6 Å². The van der Waals surface area contributed by atoms with Gasteiger partial charge >= 0.3 is 0 Å². The van der Waals surface area contributed by atoms with E-state index in [-0.39, 0.29) is 0 Å². The van der Waals surface area contributed by atoms with Crippen molar-refractivity contribution >= 4 is 33.2 Å². The molecule has 1 aromatic carbocycles. The number of anilines is 1. The molecule has 1 aromatic rings. The minimum absolute atomic E-state index is 0.474. The van der Waals surface area contributed by atoms with E-state index in [1.807, 2.05) is 18.2 Å². The molecule has 3 heteroatoms. The Labute approximate surface area is 104 Å². The Hall–Kier alpha value is -0.210. The van der Waals surface area contributed by atoms with Crippen LogP contribution in [0.1, 0.15) is 26.7 Å². The van der Waals surface area contributed by atoms with Crippen molar-refractivity contribution in [1.29, 1.82) is 0 Å². The van der Waals surface area contributed by atoms with E-state index in [0.717, 1.165) is 15.2 Å². The lowest BCUT2D eigenvalue weighted by molar-refractivity contribution is 0.493. The molecule has 0 amide bonds. The number of halogens is 2. The van der Waals surface area contributed by atoms with E-state index < -0.39 is 0 Å². The fourth-order valence-corrected chi connectivity index (χ4v) is 2.18. The minimum Gasteiger partial charge on any atom is -0.381 e. The molecule has 15 heavy (non-hydrogen) atoms. The van der Waals surface area contributed by atoms with E-state index >= 15 is 0 Å². The SMILES string of the molecule is CC(Nc1cc(Cl)ccc1Br)C1(C)CC1. The summed E-state index contributed by atoms with van der Waals surface area (Å²) in [5.41, 5.74) is 1.56. The molecule has 1 saturated carbocycles. The van der Waals surface area contributed by atoms with Crippen molar-refractivity contribution in [2.24, 2.45) is 5.41 Å². The third-order valence-electron chi connectivity index (χ3n) is 3.38. The van der Waals surface area contributed by atoms with Gasteiger partial charge in [-0.15, -0.1) is 0 Å². The van der Waals surface area contributed by atoms with E-state index in [1.165, 1.54) is 12.8 Å². The molecule has 0 bridgehead atoms. The lowest BCUT2D eigenvalue weighted by Crippen LogP contribution is -2.25. The van der Waals surface area contributed by atoms with Crippen LogP contribution in [0.4, 0.5) is 5.69 Å². The van der Waals surface area contributed by atoms with Crippen LogP contribution in [0.15, 0.2) is 22.7 Å². The first-order valence-electron chi connectivity index (χ1n) is 5.23. The molecule has 1 aliphatic rings. The standard InChI is InChI=1S/C12H15BrClN/c1-8(12(2)5-6-12)15-11-7-9(14)3-4-10(11)13/h3-4,7-8,15H,5-6H2,1-2H3. The number of hydrogen-bond donors (Lipinski definition) is 1. The predicted octanol–water partition coefficient (Wildman–Crippen LogP) is 4.70. The van der Waals surface area contributed by atoms with Crippen LogP contribution in [-0.4, -0.2) is 6.04 Å². The van der Waals surface area contributed by atoms with E-state index in [2.05, 4.69) is 35.1 Å². The summed E-state index contributed by atoms with van der Waals surface area (Å²) in [6.07, 6.45) is 2.64. The fourth-order valence-electron chi connectivity index (χ4n) is 1.65. The van der Waals surface area contributed by atoms with Gasteiger partial charge in [-0.05, 0) is 59.3 Å². The zero-order valence-electron chi connectivity index (χ0n) is 8.98. The van der Waals surface area contributed by atoms with Crippen molar-refractivity contribution in [2.45, 2.75) is 32.7 Å². The Morgan fingerprint density at radius 2 is 2.13 bits per heavy atom. The molecule has 1 fully saturated rings. The van der Waals surface area contributed by atoms with Crippen molar-refractivity contribution in [2.75, 3.05) is 5.32 Å². The molecule has 0 saturated heterocycles. The minimum atomic E-state index is 0.474. The molecule has 0 aromatic heterocycles. The highest BCUT2D eigenvalue weighted by Crippen LogP contribution is 2.49. The number of hydrogen-bond acceptors (Lipinski definition) is 1. The van der Waals surface area contributed by atoms with Crippen LogP contribution in [0, 0.1) is 5.41 Å². The normalized spacial score (nSPS) is 19.7. The van der Waals surface area contributed by atoms with Gasteiger partial charge in [0.25, 0.3) is 0 Å². The van der Waals surface area contributed by atoms with Gasteiger partial charge in [-0.3, -0.25) is 0 Å². The molecule has 0 aliphatic heterocycles. The van der Waals surface area contributed by atoms with Crippen LogP contribution in [-0.2, 0) is 0 Å². The van der Waals surface area contributed by atoms with Gasteiger partial charge in [0.15, 0.2) is 0 Å². The topological polar surface area (TPSA) is 12.0 Å². The fraction of sp³-hybridized carbons (Fsp3) is 0.500. The Balaban J connectivity index is 2.13. The molecule has 0 spiro atoms. The maximum atomic E-state index is 5.97. The summed E-state index contributed by atoms with van der Waals surface area (Å²) in [7, 11) is 0. The summed E-state index contributed by atoms with van der Waals surface area (Å²) in [6.45, 7) is 4.56. The lowest BCUT2D eigenvalue weighted by Gasteiger charge is -2.22. The highest BCUT2D eigenvalue weighted by Gasteiger charge is 2.42. The van der Waals surface area contributed by atoms with Gasteiger partial charge in [0.1, 0.15) is 0 Å². The molecule has 1 aliphatic carbocycles. The zero-order valence-corrected chi connectivity index (χ0v) is 11.3. The van der Waals surface area contributed by atoms with Crippen molar-refractivity contribution in [3.8, 4) is 0 Å². The average molecular weight is 289 g/mol. The Morgan fingerprint density at radius 3 is 2.73 bits per heavy atom. The third-order valence-corrected chi connectivity index (χ3v) is 4.31. The molecule has 1 atom stereocenters. The molecular weight excluding hydrogens is 273 g/mol. The smallest absolute Gasteiger partial charge is 0.0501 e. The highest BCUT2D eigenvalue weighted by atomic mass is 79.9. The van der Waals surface area contributed by atoms with Crippen LogP contribution < -0.4 is 5.32 Å². The van der Waals surface area contributed by atoms with Gasteiger partial charge < -0.3 is 5.32 Å². The van der Waals surface area contributed by atoms with Crippen LogP contribution in [0.25, 0.3) is 0 Å². The summed E-state index contributed by atoms with van der Waals surface area (Å²) in [5, 5.41) is 4.29. The lowest BCUT2D eigenvalue weighted by atomic mass is 10.0. The van der Waals surface area contributed by atoms with Gasteiger partial charge in [0.05, 0.1) is 5.69 Å². The first kappa shape index (κ1) is 11.3. The summed E-state index contributed by atoms with van der Waals surface area (Å²) >= 11 is 9.49. The Kier molecular flexibility index (Phi) is 3.00. The van der Waals surface area contributed by atoms with Gasteiger partial charge in [-0.1, -0.05) is 18.5 Å². The summed E-state index contributed by atoms with van der Waals surface area (Å²) in [4.78, 5) is 0. The van der Waals surface area contributed by atoms with Gasteiger partial charge in [-0.2, -0.15) is 0 Å². The van der Waals surface area contributed by atoms with Crippen molar-refractivity contribution in [3.63, 3.8) is 0 Å². The molecule has 82 valence electrons. The van der Waals surface area contributed by atoms with Crippen LogP contribution in [0.2, 0.25) is 5.02 Å². The molecule has 1 unspecified atom stereocenters. The second-order valence-corrected chi connectivity index (χ2v) is 5.93. The molecule has 0 heterocycles. The Bertz CT molecular complexity index is 374. The van der Waals surface area contributed by atoms with Gasteiger partial charge in [-0.25, -0.2) is 0 Å². The maximum absolute atomic E-state index is 5.97. The quantitative estimate of drug-likeness (QED) is 0.850. The monoisotopic (exact) mass is 287 g/mol. The number of nitrogens with one attached hydrogen (secondary N) is 1. The Morgan fingerprint density at radius 1 is 1.47 bits per heavy atom. The largest absolute Gasteiger partial charge is 0.381 e. The second kappa shape index (κ2) is 3.99. The van der Waals surface area contributed by atoms with Crippen LogP contribution in [0.5, 0.6) is 0 Å². The molecule has 1 nitrogen and oxygen atoms in total. The van der Waals surface area contributed by atoms with Crippen LogP contribution >= 0.6 is 27.5 Å². The number of rotatable bonds is 3. The number of benzene rings is 1. The predicted molar refractivity (Wildman–Crippen MR) is 69.6 cm³/mol. The van der Waals surface area contributed by atoms with E-state index in [0.29, 0.717) is 11.5 Å². The molecular formula is C12H15BrClN. The van der Waals surface area contributed by atoms with Crippen molar-refractivity contribution < 1.29 is 0 Å². The second-order valence-electron chi connectivity index (χ2n) is 4.64. The van der Waals surface area contributed by atoms with Gasteiger partial charge in [0.2, 0.25) is 0 Å². The first-order valence-corrected chi connectivity index (χ1v) is 6.40. The maximum Gasteiger partial charge on any atom is 0.0501 e. The highest BCUT2D eigenvalue weighted by molar-refractivity contribution is 9.10. The van der Waals surface area contributed by atoms with Gasteiger partial charge in [0, 0.05) is 15.5 Å². The van der Waals surface area contributed by atoms with E-state index in [9.17, 15) is 0 Å². The van der Waals surface area contributed by atoms with Crippen molar-refractivity contribution in [3.05, 3.63) is 27.7 Å². The third kappa shape index (κ3) is 2.48.